The second-order valence-electron chi connectivity index (χ2n) is 9.12. The van der Waals surface area contributed by atoms with Crippen LogP contribution in [0.5, 0.6) is 0 Å². The summed E-state index contributed by atoms with van der Waals surface area (Å²) in [5.74, 6) is -0.0604. The molecule has 1 aliphatic rings. The fourth-order valence-corrected chi connectivity index (χ4v) is 10.2. The second-order valence-corrected chi connectivity index (χ2v) is 14.4. The Hall–Kier alpha value is -2.19. The second kappa shape index (κ2) is 9.53. The summed E-state index contributed by atoms with van der Waals surface area (Å²) in [6, 6.07) is 14.0. The van der Waals surface area contributed by atoms with Gasteiger partial charge in [-0.15, -0.1) is 0 Å². The fourth-order valence-electron chi connectivity index (χ4n) is 5.14. The van der Waals surface area contributed by atoms with E-state index in [-0.39, 0.29) is 17.0 Å². The summed E-state index contributed by atoms with van der Waals surface area (Å²) in [7, 11) is -2.21. The monoisotopic (exact) mass is 441 g/mol. The number of amides is 1. The number of rotatable bonds is 9. The van der Waals surface area contributed by atoms with E-state index >= 15 is 0 Å². The van der Waals surface area contributed by atoms with Crippen molar-refractivity contribution in [3.63, 3.8) is 0 Å². The number of nitrogens with one attached hydrogen (secondary N) is 1. The number of hydrogen-bond acceptors (Lipinski definition) is 3. The van der Waals surface area contributed by atoms with E-state index in [9.17, 15) is 9.59 Å². The molecule has 0 atom stereocenters. The number of anilines is 1. The van der Waals surface area contributed by atoms with E-state index in [0.29, 0.717) is 12.8 Å². The number of esters is 1. The Morgan fingerprint density at radius 1 is 1.00 bits per heavy atom. The van der Waals surface area contributed by atoms with Gasteiger partial charge in [0.2, 0.25) is 0 Å². The van der Waals surface area contributed by atoms with Crippen molar-refractivity contribution in [1.29, 1.82) is 0 Å². The summed E-state index contributed by atoms with van der Waals surface area (Å²) in [5.41, 5.74) is 5.28. The van der Waals surface area contributed by atoms with E-state index in [4.69, 9.17) is 4.74 Å². The Bertz CT molecular complexity index is 923. The van der Waals surface area contributed by atoms with Gasteiger partial charge < -0.3 is 0 Å². The van der Waals surface area contributed by atoms with Crippen molar-refractivity contribution in [2.24, 2.45) is 0 Å². The molecule has 0 unspecified atom stereocenters. The summed E-state index contributed by atoms with van der Waals surface area (Å²) < 4.78 is 5.62. The van der Waals surface area contributed by atoms with Gasteiger partial charge in [-0.3, -0.25) is 0 Å². The van der Waals surface area contributed by atoms with Gasteiger partial charge in [-0.2, -0.15) is 0 Å². The molecule has 31 heavy (non-hydrogen) atoms. The summed E-state index contributed by atoms with van der Waals surface area (Å²) in [6.45, 7) is 10.7. The minimum atomic E-state index is -2.21. The van der Waals surface area contributed by atoms with Crippen molar-refractivity contribution in [2.75, 3.05) is 23.8 Å². The molecule has 0 radical (unpaired) electrons. The number of hydrogen-bond donors (Lipinski definition) is 1. The van der Waals surface area contributed by atoms with E-state index < -0.39 is 7.26 Å². The molecule has 2 aromatic rings. The third-order valence-corrected chi connectivity index (χ3v) is 13.6. The van der Waals surface area contributed by atoms with Crippen LogP contribution in [0.4, 0.5) is 5.69 Å². The molecule has 5 heteroatoms. The van der Waals surface area contributed by atoms with Crippen molar-refractivity contribution < 1.29 is 14.3 Å². The normalized spacial score (nSPS) is 15.3. The van der Waals surface area contributed by atoms with Crippen LogP contribution >= 0.6 is 7.26 Å². The van der Waals surface area contributed by atoms with Crippen LogP contribution in [0.2, 0.25) is 0 Å². The predicted octanol–water partition coefficient (Wildman–Crippen LogP) is 5.62. The molecule has 0 bridgehead atoms. The van der Waals surface area contributed by atoms with E-state index in [1.54, 1.807) is 0 Å². The van der Waals surface area contributed by atoms with Crippen LogP contribution in [0.25, 0.3) is 0 Å². The Morgan fingerprint density at radius 2 is 1.58 bits per heavy atom. The third kappa shape index (κ3) is 4.85. The summed E-state index contributed by atoms with van der Waals surface area (Å²) in [6.07, 6.45) is 3.98. The average molecular weight is 442 g/mol. The van der Waals surface area contributed by atoms with Gasteiger partial charge >= 0.3 is 187 Å². The molecular formula is C26H36NO3P. The minimum absolute atomic E-state index is 0.105. The van der Waals surface area contributed by atoms with Gasteiger partial charge in [-0.1, -0.05) is 0 Å². The maximum atomic E-state index is 13.6. The first-order chi connectivity index (χ1) is 14.8. The molecule has 1 fully saturated rings. The molecule has 0 aromatic heterocycles. The fraction of sp³-hybridized carbons (Fsp3) is 0.462. The van der Waals surface area contributed by atoms with E-state index in [1.165, 1.54) is 5.56 Å². The molecule has 0 spiro atoms. The Kier molecular flexibility index (Phi) is 7.21. The van der Waals surface area contributed by atoms with Crippen LogP contribution in [0.1, 0.15) is 48.9 Å². The summed E-state index contributed by atoms with van der Waals surface area (Å²) >= 11 is 0. The average Bonchev–Trinajstić information content (AvgIpc) is 3.56. The maximum absolute atomic E-state index is 13.6. The van der Waals surface area contributed by atoms with Crippen LogP contribution in [-0.2, 0) is 20.9 Å². The van der Waals surface area contributed by atoms with Gasteiger partial charge in [0.05, 0.1) is 0 Å². The first-order valence-electron chi connectivity index (χ1n) is 11.4. The quantitative estimate of drug-likeness (QED) is 0.406. The third-order valence-electron chi connectivity index (χ3n) is 7.19. The standard InChI is InChI=1S/C26H36NO3P/c1-6-31(7-2,18-23(28)30-17-22-11-9-8-10-12-22)26(13-14-26)25(29)27-24-20(4)15-19(3)16-21(24)5/h8-12,15-16,31H,6-7,13-14,17-18H2,1-5H3,(H,27,29). The number of benzene rings is 2. The summed E-state index contributed by atoms with van der Waals surface area (Å²) in [4.78, 5) is 26.4. The van der Waals surface area contributed by atoms with Gasteiger partial charge in [-0.25, -0.2) is 0 Å². The first kappa shape index (κ1) is 23.5. The molecular weight excluding hydrogens is 405 g/mol. The van der Waals surface area contributed by atoms with Crippen molar-refractivity contribution in [2.45, 2.75) is 59.2 Å². The van der Waals surface area contributed by atoms with Gasteiger partial charge in [0, 0.05) is 0 Å². The van der Waals surface area contributed by atoms with Crippen molar-refractivity contribution in [3.8, 4) is 0 Å². The van der Waals surface area contributed by atoms with Gasteiger partial charge in [0.15, 0.2) is 0 Å². The van der Waals surface area contributed by atoms with Crippen LogP contribution in [0.15, 0.2) is 42.5 Å². The first-order valence-corrected chi connectivity index (χ1v) is 14.0. The molecule has 1 amide bonds. The molecule has 0 saturated heterocycles. The topological polar surface area (TPSA) is 55.4 Å². The predicted molar refractivity (Wildman–Crippen MR) is 132 cm³/mol. The molecule has 1 aliphatic carbocycles. The van der Waals surface area contributed by atoms with Gasteiger partial charge in [-0.05, 0) is 0 Å². The molecule has 0 aliphatic heterocycles. The number of aryl methyl sites for hydroxylation is 3. The molecule has 0 heterocycles. The van der Waals surface area contributed by atoms with E-state index in [1.807, 2.05) is 44.2 Å². The zero-order valence-corrected chi connectivity index (χ0v) is 20.5. The molecule has 4 nitrogen and oxygen atoms in total. The zero-order valence-electron chi connectivity index (χ0n) is 19.5. The molecule has 168 valence electrons. The molecule has 1 saturated carbocycles. The molecule has 1 N–H and O–H groups in total. The molecule has 2 aromatic carbocycles. The number of carbonyl (C=O) groups is 2. The number of ether oxygens (including phenoxy) is 1. The summed E-state index contributed by atoms with van der Waals surface area (Å²) in [5, 5.41) is 2.89. The SMILES string of the molecule is CC[PH](CC)(CC(=O)OCc1ccccc1)C1(C(=O)Nc2c(C)cc(C)cc2C)CC1. The molecule has 3 rings (SSSR count). The Balaban J connectivity index is 1.76. The van der Waals surface area contributed by atoms with Crippen molar-refractivity contribution in [1.82, 2.24) is 0 Å². The van der Waals surface area contributed by atoms with Gasteiger partial charge in [0.1, 0.15) is 0 Å². The van der Waals surface area contributed by atoms with Crippen LogP contribution in [0, 0.1) is 20.8 Å². The Morgan fingerprint density at radius 3 is 2.10 bits per heavy atom. The van der Waals surface area contributed by atoms with Crippen molar-refractivity contribution >= 4 is 24.8 Å². The Labute approximate surface area is 187 Å². The van der Waals surface area contributed by atoms with Crippen molar-refractivity contribution in [3.05, 3.63) is 64.7 Å². The van der Waals surface area contributed by atoms with Gasteiger partial charge in [0.25, 0.3) is 0 Å². The zero-order chi connectivity index (χ0) is 22.6. The van der Waals surface area contributed by atoms with Crippen LogP contribution < -0.4 is 5.32 Å². The van der Waals surface area contributed by atoms with Crippen LogP contribution in [-0.4, -0.2) is 35.5 Å². The van der Waals surface area contributed by atoms with E-state index in [2.05, 4.69) is 38.2 Å². The van der Waals surface area contributed by atoms with E-state index in [0.717, 1.165) is 47.5 Å². The number of carbonyl (C=O) groups excluding carboxylic acids is 2. The van der Waals surface area contributed by atoms with Crippen LogP contribution in [0.3, 0.4) is 0 Å².